The van der Waals surface area contributed by atoms with Gasteiger partial charge in [0.05, 0.1) is 61.2 Å². The molecule has 0 unspecified atom stereocenters. The number of hydrogen-bond donors (Lipinski definition) is 2. The lowest BCUT2D eigenvalue weighted by atomic mass is 9.80. The van der Waals surface area contributed by atoms with E-state index in [-0.39, 0.29) is 60.5 Å². The van der Waals surface area contributed by atoms with Crippen LogP contribution in [0.3, 0.4) is 0 Å². The number of methoxy groups -OCH3 is 2. The van der Waals surface area contributed by atoms with Crippen LogP contribution < -0.4 is 10.1 Å². The van der Waals surface area contributed by atoms with Crippen molar-refractivity contribution in [2.45, 2.75) is 142 Å². The molecule has 0 spiro atoms. The highest BCUT2D eigenvalue weighted by molar-refractivity contribution is 8.16. The molecule has 3 rings (SSSR count). The molecule has 0 radical (unpaired) electrons. The molecule has 9 atom stereocenters. The molecule has 2 heterocycles. The number of amides is 1. The Bertz CT molecular complexity index is 1550. The van der Waals surface area contributed by atoms with Gasteiger partial charge in [-0.1, -0.05) is 79.7 Å². The summed E-state index contributed by atoms with van der Waals surface area (Å²) in [5.74, 6) is 1.24. The van der Waals surface area contributed by atoms with E-state index in [0.717, 1.165) is 29.2 Å². The Labute approximate surface area is 352 Å². The summed E-state index contributed by atoms with van der Waals surface area (Å²) in [6.45, 7) is 27.7. The molecule has 2 N–H and O–H groups in total. The molecule has 57 heavy (non-hydrogen) atoms. The van der Waals surface area contributed by atoms with Crippen molar-refractivity contribution >= 4 is 53.8 Å². The molecule has 1 aromatic rings. The van der Waals surface area contributed by atoms with Crippen LogP contribution >= 0.6 is 23.5 Å². The van der Waals surface area contributed by atoms with Crippen LogP contribution in [0.25, 0.3) is 0 Å². The number of ether oxygens (including phenoxy) is 4. The largest absolute Gasteiger partial charge is 0.497 e. The Hall–Kier alpha value is -2.20. The summed E-state index contributed by atoms with van der Waals surface area (Å²) >= 11 is 2.97. The van der Waals surface area contributed by atoms with E-state index < -0.39 is 37.5 Å². The molecule has 0 saturated carbocycles. The number of hydrogen-bond acceptors (Lipinski definition) is 12. The zero-order chi connectivity index (χ0) is 42.8. The quantitative estimate of drug-likeness (QED) is 0.0632. The van der Waals surface area contributed by atoms with Crippen molar-refractivity contribution < 1.29 is 38.1 Å². The number of carbonyl (C=O) groups excluding carboxylic acids is 2. The maximum Gasteiger partial charge on any atom is 0.334 e. The Kier molecular flexibility index (Phi) is 18.4. The molecular formula is C43H71N3O8S2Si. The van der Waals surface area contributed by atoms with Crippen LogP contribution in [0, 0.1) is 17.8 Å². The first-order chi connectivity index (χ1) is 26.7. The number of carbonyl (C=O) groups is 2. The molecule has 11 nitrogen and oxygen atoms in total. The Balaban J connectivity index is 1.83. The number of aliphatic hydroxyl groups excluding tert-OH is 1. The van der Waals surface area contributed by atoms with Gasteiger partial charge in [0.1, 0.15) is 17.9 Å². The van der Waals surface area contributed by atoms with E-state index in [1.807, 2.05) is 31.2 Å². The SMILES string of the molecule is C=CCOC(=O)[C@@]1(C)CSC([C@@]2(C)CSC([C@H](CO)NC(=O)C[C@H](OC)[C@H](C)[C@H](O[Si](C)(C)C(C)(C)C)[C@@H](C)[C@@H](OCc3ccc(OC)cc3)[C@H](C)CCC)=N2)=N1. The maximum absolute atomic E-state index is 13.9. The topological polar surface area (TPSA) is 137 Å². The lowest BCUT2D eigenvalue weighted by Gasteiger charge is -2.46. The van der Waals surface area contributed by atoms with Gasteiger partial charge in [-0.25, -0.2) is 4.79 Å². The van der Waals surface area contributed by atoms with Gasteiger partial charge in [-0.2, -0.15) is 0 Å². The normalized spacial score (nSPS) is 23.7. The lowest BCUT2D eigenvalue weighted by Crippen LogP contribution is -2.53. The highest BCUT2D eigenvalue weighted by atomic mass is 32.2. The fraction of sp³-hybridized carbons (Fsp3) is 0.721. The van der Waals surface area contributed by atoms with Crippen molar-refractivity contribution in [2.75, 3.05) is 38.9 Å². The first kappa shape index (κ1) is 49.2. The molecule has 0 fully saturated rings. The van der Waals surface area contributed by atoms with Crippen molar-refractivity contribution in [3.8, 4) is 5.75 Å². The molecule has 0 bridgehead atoms. The summed E-state index contributed by atoms with van der Waals surface area (Å²) in [5, 5.41) is 14.9. The number of nitrogens with zero attached hydrogens (tertiary/aromatic N) is 2. The van der Waals surface area contributed by atoms with Crippen LogP contribution in [0.15, 0.2) is 46.9 Å². The Morgan fingerprint density at radius 1 is 1.04 bits per heavy atom. The molecule has 2 aliphatic rings. The van der Waals surface area contributed by atoms with Gasteiger partial charge in [-0.3, -0.25) is 14.8 Å². The van der Waals surface area contributed by atoms with Gasteiger partial charge < -0.3 is 33.8 Å². The summed E-state index contributed by atoms with van der Waals surface area (Å²) < 4.78 is 30.9. The molecule has 14 heteroatoms. The number of thioether (sulfide) groups is 2. The summed E-state index contributed by atoms with van der Waals surface area (Å²) in [7, 11) is 1.01. The van der Waals surface area contributed by atoms with Gasteiger partial charge >= 0.3 is 5.97 Å². The average molecular weight is 850 g/mol. The van der Waals surface area contributed by atoms with E-state index in [0.29, 0.717) is 23.2 Å². The fourth-order valence-electron chi connectivity index (χ4n) is 7.06. The molecule has 1 amide bonds. The number of aliphatic hydroxyl groups is 1. The van der Waals surface area contributed by atoms with E-state index >= 15 is 0 Å². The molecule has 0 saturated heterocycles. The number of esters is 1. The monoisotopic (exact) mass is 849 g/mol. The predicted molar refractivity (Wildman–Crippen MR) is 238 cm³/mol. The Morgan fingerprint density at radius 2 is 1.70 bits per heavy atom. The van der Waals surface area contributed by atoms with Crippen LogP contribution in [-0.4, -0.2) is 110 Å². The van der Waals surface area contributed by atoms with Crippen LogP contribution in [0.4, 0.5) is 0 Å². The predicted octanol–water partition coefficient (Wildman–Crippen LogP) is 8.10. The second-order valence-electron chi connectivity index (χ2n) is 17.6. The summed E-state index contributed by atoms with van der Waals surface area (Å²) in [5.41, 5.74) is -0.640. The van der Waals surface area contributed by atoms with Gasteiger partial charge in [0.15, 0.2) is 13.9 Å². The fourth-order valence-corrected chi connectivity index (χ4v) is 11.1. The first-order valence-electron chi connectivity index (χ1n) is 20.3. The minimum Gasteiger partial charge on any atom is -0.497 e. The molecule has 1 aromatic carbocycles. The van der Waals surface area contributed by atoms with Gasteiger partial charge in [-0.15, -0.1) is 23.5 Å². The molecular weight excluding hydrogens is 779 g/mol. The third-order valence-corrected chi connectivity index (χ3v) is 19.1. The number of aliphatic imine (C=N–C) groups is 2. The lowest BCUT2D eigenvalue weighted by molar-refractivity contribution is -0.147. The summed E-state index contributed by atoms with van der Waals surface area (Å²) in [4.78, 5) is 36.3. The van der Waals surface area contributed by atoms with Crippen molar-refractivity contribution in [1.82, 2.24) is 5.32 Å². The van der Waals surface area contributed by atoms with Crippen molar-refractivity contribution in [3.63, 3.8) is 0 Å². The number of rotatable bonds is 23. The van der Waals surface area contributed by atoms with Crippen LogP contribution in [0.5, 0.6) is 5.75 Å². The van der Waals surface area contributed by atoms with E-state index in [1.165, 1.54) is 29.6 Å². The molecule has 0 aliphatic carbocycles. The van der Waals surface area contributed by atoms with Gasteiger partial charge in [0.25, 0.3) is 0 Å². The minimum absolute atomic E-state index is 0.0242. The van der Waals surface area contributed by atoms with Gasteiger partial charge in [-0.05, 0) is 62.0 Å². The van der Waals surface area contributed by atoms with Gasteiger partial charge in [0.2, 0.25) is 5.91 Å². The summed E-state index contributed by atoms with van der Waals surface area (Å²) in [6, 6.07) is 7.28. The second kappa shape index (κ2) is 21.4. The third kappa shape index (κ3) is 12.9. The zero-order valence-corrected chi connectivity index (χ0v) is 39.4. The first-order valence-corrected chi connectivity index (χ1v) is 25.2. The van der Waals surface area contributed by atoms with Crippen molar-refractivity contribution in [1.29, 1.82) is 0 Å². The number of nitrogens with one attached hydrogen (secondary N) is 1. The number of benzene rings is 1. The Morgan fingerprint density at radius 3 is 2.26 bits per heavy atom. The van der Waals surface area contributed by atoms with Crippen molar-refractivity contribution in [2.24, 2.45) is 27.7 Å². The summed E-state index contributed by atoms with van der Waals surface area (Å²) in [6.07, 6.45) is 2.79. The van der Waals surface area contributed by atoms with E-state index in [4.69, 9.17) is 33.4 Å². The zero-order valence-electron chi connectivity index (χ0n) is 36.8. The molecule has 2 aliphatic heterocycles. The second-order valence-corrected chi connectivity index (χ2v) is 24.3. The highest BCUT2D eigenvalue weighted by Gasteiger charge is 2.48. The third-order valence-electron chi connectivity index (χ3n) is 11.7. The smallest absolute Gasteiger partial charge is 0.334 e. The van der Waals surface area contributed by atoms with Crippen LogP contribution in [0.2, 0.25) is 18.1 Å². The van der Waals surface area contributed by atoms with E-state index in [9.17, 15) is 14.7 Å². The van der Waals surface area contributed by atoms with Crippen LogP contribution in [0.1, 0.15) is 87.1 Å². The van der Waals surface area contributed by atoms with E-state index in [2.05, 4.69) is 73.5 Å². The maximum atomic E-state index is 13.9. The highest BCUT2D eigenvalue weighted by Crippen LogP contribution is 2.42. The molecule has 322 valence electrons. The standard InChI is InChI=1S/C43H71N3O8S2Si/c1-15-17-28(3)36(53-25-31-18-20-32(50-11)21-19-31)30(5)37(54-57(13,14)41(6,7)8)29(4)34(51-12)23-35(48)44-33(24-47)38-45-42(9,26-55-38)39-46-43(10,27-56-39)40(49)52-22-16-2/h16,18-21,28-30,33-34,36-37,47H,2,15,17,22-27H2,1,3-14H3,(H,44,48)/t28-,29+,30+,33+,34+,36+,37+,42-,43-/m1/s1. The van der Waals surface area contributed by atoms with Gasteiger partial charge in [0, 0.05) is 30.5 Å². The van der Waals surface area contributed by atoms with Crippen molar-refractivity contribution in [3.05, 3.63) is 42.5 Å². The van der Waals surface area contributed by atoms with Crippen LogP contribution in [-0.2, 0) is 34.8 Å². The average Bonchev–Trinajstić information content (AvgIpc) is 3.78. The minimum atomic E-state index is -2.30. The van der Waals surface area contributed by atoms with E-state index in [1.54, 1.807) is 21.1 Å². The molecule has 0 aromatic heterocycles.